The topological polar surface area (TPSA) is 116 Å². The van der Waals surface area contributed by atoms with E-state index in [0.29, 0.717) is 18.2 Å². The first-order valence-electron chi connectivity index (χ1n) is 9.45. The van der Waals surface area contributed by atoms with E-state index in [1.807, 2.05) is 33.8 Å². The molecule has 0 bridgehead atoms. The molecule has 9 nitrogen and oxygen atoms in total. The summed E-state index contributed by atoms with van der Waals surface area (Å²) in [6.45, 7) is 8.81. The number of nitrogens with one attached hydrogen (secondary N) is 2. The van der Waals surface area contributed by atoms with E-state index >= 15 is 0 Å². The number of aryl methyl sites for hydroxylation is 1. The Bertz CT molecular complexity index is 916. The second kappa shape index (κ2) is 8.61. The van der Waals surface area contributed by atoms with E-state index in [1.165, 1.54) is 11.5 Å². The zero-order valence-corrected chi connectivity index (χ0v) is 17.8. The third kappa shape index (κ3) is 5.77. The summed E-state index contributed by atoms with van der Waals surface area (Å²) in [4.78, 5) is 23.0. The number of aromatic nitrogens is 3. The van der Waals surface area contributed by atoms with Gasteiger partial charge in [0.25, 0.3) is 0 Å². The molecule has 0 radical (unpaired) electrons. The maximum Gasteiger partial charge on any atom is 0.407 e. The number of carbonyl (C=O) groups excluding carboxylic acids is 1. The first-order chi connectivity index (χ1) is 13.7. The zero-order chi connectivity index (χ0) is 21.0. The van der Waals surface area contributed by atoms with Gasteiger partial charge >= 0.3 is 6.09 Å². The van der Waals surface area contributed by atoms with E-state index in [1.54, 1.807) is 6.20 Å². The predicted octanol–water partition coefficient (Wildman–Crippen LogP) is 3.35. The lowest BCUT2D eigenvalue weighted by Crippen LogP contribution is -2.49. The molecule has 1 aliphatic heterocycles. The Kier molecular flexibility index (Phi) is 6.17. The molecule has 1 saturated heterocycles. The van der Waals surface area contributed by atoms with Crippen molar-refractivity contribution in [1.82, 2.24) is 19.7 Å². The quantitative estimate of drug-likeness (QED) is 0.781. The van der Waals surface area contributed by atoms with Crippen LogP contribution in [0, 0.1) is 18.3 Å². The molecule has 2 aromatic rings. The lowest BCUT2D eigenvalue weighted by molar-refractivity contribution is 0.0500. The minimum absolute atomic E-state index is 0.0448. The summed E-state index contributed by atoms with van der Waals surface area (Å²) in [5.74, 6) is 1.05. The van der Waals surface area contributed by atoms with Gasteiger partial charge in [0, 0.05) is 19.1 Å². The molecule has 0 spiro atoms. The lowest BCUT2D eigenvalue weighted by Gasteiger charge is -2.34. The molecule has 1 unspecified atom stereocenters. The number of carbonyl (C=O) groups is 1. The molecule has 0 saturated carbocycles. The van der Waals surface area contributed by atoms with Gasteiger partial charge in [0.2, 0.25) is 0 Å². The van der Waals surface area contributed by atoms with Crippen LogP contribution in [0.3, 0.4) is 0 Å². The summed E-state index contributed by atoms with van der Waals surface area (Å²) in [6.07, 6.45) is 2.94. The number of amides is 1. The summed E-state index contributed by atoms with van der Waals surface area (Å²) in [5.41, 5.74) is 0.583. The average Bonchev–Trinajstić information content (AvgIpc) is 3.05. The van der Waals surface area contributed by atoms with Crippen molar-refractivity contribution < 1.29 is 9.53 Å². The van der Waals surface area contributed by atoms with Crippen LogP contribution in [0.5, 0.6) is 0 Å². The highest BCUT2D eigenvalue weighted by Gasteiger charge is 2.25. The van der Waals surface area contributed by atoms with E-state index in [-0.39, 0.29) is 11.7 Å². The smallest absolute Gasteiger partial charge is 0.407 e. The molecule has 0 aliphatic carbocycles. The normalized spacial score (nSPS) is 16.8. The van der Waals surface area contributed by atoms with Crippen LogP contribution in [0.25, 0.3) is 0 Å². The first kappa shape index (κ1) is 20.8. The molecule has 29 heavy (non-hydrogen) atoms. The molecule has 1 atom stereocenters. The highest BCUT2D eigenvalue weighted by atomic mass is 32.1. The maximum atomic E-state index is 12.1. The largest absolute Gasteiger partial charge is 0.444 e. The fourth-order valence-electron chi connectivity index (χ4n) is 3.02. The van der Waals surface area contributed by atoms with Crippen LogP contribution < -0.4 is 15.5 Å². The molecule has 1 amide bonds. The van der Waals surface area contributed by atoms with Crippen molar-refractivity contribution in [2.45, 2.75) is 52.2 Å². The van der Waals surface area contributed by atoms with Gasteiger partial charge in [0.1, 0.15) is 22.5 Å². The van der Waals surface area contributed by atoms with Crippen LogP contribution in [0.2, 0.25) is 0 Å². The summed E-state index contributed by atoms with van der Waals surface area (Å²) < 4.78 is 9.58. The second-order valence-corrected chi connectivity index (χ2v) is 8.73. The standard InChI is InChI=1S/C19H25N7O2S/c1-12-8-16(29-25-12)24-17-14(9-20)21-10-15(23-17)26-7-5-6-13(11-26)22-18(27)28-19(2,3)4/h8,10,13H,5-7,11H2,1-4H3,(H,22,27)(H,23,24). The van der Waals surface area contributed by atoms with Crippen molar-refractivity contribution in [3.05, 3.63) is 23.7 Å². The monoisotopic (exact) mass is 415 g/mol. The van der Waals surface area contributed by atoms with Crippen LogP contribution in [-0.2, 0) is 4.74 Å². The Labute approximate surface area is 174 Å². The third-order valence-electron chi connectivity index (χ3n) is 4.20. The number of nitrogens with zero attached hydrogens (tertiary/aromatic N) is 5. The molecular weight excluding hydrogens is 390 g/mol. The van der Waals surface area contributed by atoms with Crippen molar-refractivity contribution in [3.63, 3.8) is 0 Å². The number of nitriles is 1. The van der Waals surface area contributed by atoms with Crippen molar-refractivity contribution in [3.8, 4) is 6.07 Å². The zero-order valence-electron chi connectivity index (χ0n) is 17.0. The number of hydrogen-bond donors (Lipinski definition) is 2. The fourth-order valence-corrected chi connectivity index (χ4v) is 3.68. The van der Waals surface area contributed by atoms with Crippen molar-refractivity contribution in [2.75, 3.05) is 23.3 Å². The lowest BCUT2D eigenvalue weighted by atomic mass is 10.1. The molecule has 1 fully saturated rings. The SMILES string of the molecule is Cc1cc(Nc2nc(N3CCCC(NC(=O)OC(C)(C)C)C3)cnc2C#N)sn1. The maximum absolute atomic E-state index is 12.1. The average molecular weight is 416 g/mol. The van der Waals surface area contributed by atoms with Gasteiger partial charge in [-0.15, -0.1) is 0 Å². The van der Waals surface area contributed by atoms with Gasteiger partial charge in [-0.05, 0) is 58.1 Å². The fraction of sp³-hybridized carbons (Fsp3) is 0.526. The number of piperidine rings is 1. The van der Waals surface area contributed by atoms with Crippen molar-refractivity contribution in [1.29, 1.82) is 5.26 Å². The Morgan fingerprint density at radius 2 is 2.24 bits per heavy atom. The van der Waals surface area contributed by atoms with E-state index < -0.39 is 11.7 Å². The van der Waals surface area contributed by atoms with E-state index in [2.05, 4.69) is 35.9 Å². The van der Waals surface area contributed by atoms with E-state index in [0.717, 1.165) is 30.1 Å². The highest BCUT2D eigenvalue weighted by molar-refractivity contribution is 7.10. The molecule has 1 aliphatic rings. The Balaban J connectivity index is 1.71. The molecule has 3 heterocycles. The van der Waals surface area contributed by atoms with Crippen molar-refractivity contribution in [2.24, 2.45) is 0 Å². The van der Waals surface area contributed by atoms with Gasteiger partial charge < -0.3 is 20.3 Å². The molecule has 10 heteroatoms. The molecule has 2 N–H and O–H groups in total. The summed E-state index contributed by atoms with van der Waals surface area (Å²) in [6, 6.07) is 3.91. The number of hydrogen-bond acceptors (Lipinski definition) is 9. The number of anilines is 3. The van der Waals surface area contributed by atoms with Gasteiger partial charge in [-0.2, -0.15) is 9.64 Å². The Morgan fingerprint density at radius 1 is 1.45 bits per heavy atom. The predicted molar refractivity (Wildman–Crippen MR) is 111 cm³/mol. The first-order valence-corrected chi connectivity index (χ1v) is 10.2. The minimum Gasteiger partial charge on any atom is -0.444 e. The number of rotatable bonds is 4. The second-order valence-electron chi connectivity index (χ2n) is 7.93. The summed E-state index contributed by atoms with van der Waals surface area (Å²) >= 11 is 1.30. The van der Waals surface area contributed by atoms with Gasteiger partial charge in [-0.3, -0.25) is 0 Å². The molecule has 2 aromatic heterocycles. The minimum atomic E-state index is -0.535. The Hall–Kier alpha value is -2.93. The molecule has 0 aromatic carbocycles. The molecular formula is C19H25N7O2S. The Morgan fingerprint density at radius 3 is 2.90 bits per heavy atom. The third-order valence-corrected chi connectivity index (χ3v) is 5.00. The van der Waals surface area contributed by atoms with Crippen LogP contribution >= 0.6 is 11.5 Å². The van der Waals surface area contributed by atoms with Gasteiger partial charge in [-0.25, -0.2) is 14.8 Å². The summed E-state index contributed by atoms with van der Waals surface area (Å²) in [7, 11) is 0. The number of alkyl carbamates (subject to hydrolysis) is 1. The van der Waals surface area contributed by atoms with Gasteiger partial charge in [0.15, 0.2) is 11.5 Å². The summed E-state index contributed by atoms with van der Waals surface area (Å²) in [5, 5.41) is 16.2. The van der Waals surface area contributed by atoms with E-state index in [9.17, 15) is 10.1 Å². The van der Waals surface area contributed by atoms with Gasteiger partial charge in [0.05, 0.1) is 11.9 Å². The van der Waals surface area contributed by atoms with Gasteiger partial charge in [-0.1, -0.05) is 0 Å². The number of ether oxygens (including phenoxy) is 1. The van der Waals surface area contributed by atoms with Crippen LogP contribution in [0.15, 0.2) is 12.3 Å². The van der Waals surface area contributed by atoms with Crippen LogP contribution in [0.4, 0.5) is 21.4 Å². The highest BCUT2D eigenvalue weighted by Crippen LogP contribution is 2.25. The molecule has 154 valence electrons. The van der Waals surface area contributed by atoms with Crippen molar-refractivity contribution >= 4 is 34.3 Å². The van der Waals surface area contributed by atoms with Crippen LogP contribution in [0.1, 0.15) is 45.0 Å². The van der Waals surface area contributed by atoms with E-state index in [4.69, 9.17) is 4.74 Å². The molecule has 3 rings (SSSR count). The van der Waals surface area contributed by atoms with Crippen LogP contribution in [-0.4, -0.2) is 45.2 Å².